The fourth-order valence-corrected chi connectivity index (χ4v) is 10.6. The van der Waals surface area contributed by atoms with E-state index in [1.807, 2.05) is 12.1 Å². The summed E-state index contributed by atoms with van der Waals surface area (Å²) in [4.78, 5) is 143. The number of ether oxygens (including phenoxy) is 5. The molecule has 4 heterocycles. The van der Waals surface area contributed by atoms with E-state index >= 15 is 0 Å². The van der Waals surface area contributed by atoms with Crippen molar-refractivity contribution in [1.82, 2.24) is 40.6 Å². The van der Waals surface area contributed by atoms with Gasteiger partial charge in [0.15, 0.2) is 0 Å². The number of aliphatic hydroxyl groups is 2. The van der Waals surface area contributed by atoms with E-state index in [2.05, 4.69) is 36.6 Å². The summed E-state index contributed by atoms with van der Waals surface area (Å²) in [6, 6.07) is 15.4. The van der Waals surface area contributed by atoms with Gasteiger partial charge in [-0.15, -0.1) is 11.6 Å². The number of aromatic amines is 1. The van der Waals surface area contributed by atoms with Crippen molar-refractivity contribution in [1.29, 1.82) is 0 Å². The van der Waals surface area contributed by atoms with Gasteiger partial charge in [-0.2, -0.15) is 0 Å². The molecule has 29 nitrogen and oxygen atoms in total. The number of carbonyl (C=O) groups is 10. The van der Waals surface area contributed by atoms with Crippen LogP contribution in [0.2, 0.25) is 0 Å². The number of nitrogens with two attached hydrogens (primary N) is 1. The molecule has 0 saturated heterocycles. The van der Waals surface area contributed by atoms with Crippen LogP contribution >= 0.6 is 11.6 Å². The maximum absolute atomic E-state index is 14.6. The summed E-state index contributed by atoms with van der Waals surface area (Å²) in [5.74, 6) is -3.00. The van der Waals surface area contributed by atoms with E-state index in [1.54, 1.807) is 79.4 Å². The van der Waals surface area contributed by atoms with Crippen LogP contribution in [0.15, 0.2) is 109 Å². The Labute approximate surface area is 544 Å². The second-order valence-corrected chi connectivity index (χ2v) is 22.7. The van der Waals surface area contributed by atoms with Crippen molar-refractivity contribution in [3.05, 3.63) is 125 Å². The van der Waals surface area contributed by atoms with Crippen LogP contribution in [0.4, 0.5) is 36.4 Å². The first-order chi connectivity index (χ1) is 45.2. The van der Waals surface area contributed by atoms with Crippen molar-refractivity contribution < 1.29 is 81.8 Å². The van der Waals surface area contributed by atoms with E-state index in [0.717, 1.165) is 22.6 Å². The molecule has 2 aromatic heterocycles. The first-order valence-electron chi connectivity index (χ1n) is 30.3. The lowest BCUT2D eigenvalue weighted by Gasteiger charge is -2.26. The predicted molar refractivity (Wildman–Crippen MR) is 344 cm³/mol. The van der Waals surface area contributed by atoms with Crippen molar-refractivity contribution in [3.63, 3.8) is 0 Å². The Kier molecular flexibility index (Phi) is 24.8. The number of hydrogen-bond donors (Lipinski definition) is 9. The van der Waals surface area contributed by atoms with Crippen LogP contribution < -0.4 is 42.0 Å². The second kappa shape index (κ2) is 33.5. The quantitative estimate of drug-likeness (QED) is 0.0151. The Hall–Kier alpha value is -10.1. The Bertz CT molecular complexity index is 3710. The highest BCUT2D eigenvalue weighted by Crippen LogP contribution is 2.46. The molecule has 0 spiro atoms. The topological polar surface area (TPSA) is 385 Å². The Morgan fingerprint density at radius 1 is 0.830 bits per heavy atom. The van der Waals surface area contributed by atoms with Crippen LogP contribution in [0.1, 0.15) is 67.1 Å². The zero-order chi connectivity index (χ0) is 67.4. The number of rotatable bonds is 31. The number of benzene rings is 3. The number of halogens is 1. The minimum Gasteiger partial charge on any atom is -0.512 e. The van der Waals surface area contributed by atoms with Gasteiger partial charge in [0.2, 0.25) is 11.8 Å². The fraction of sp³-hybridized carbons (Fsp3) is 0.391. The maximum atomic E-state index is 14.6. The van der Waals surface area contributed by atoms with Gasteiger partial charge in [-0.1, -0.05) is 56.3 Å². The number of anilines is 3. The van der Waals surface area contributed by atoms with Gasteiger partial charge in [0.1, 0.15) is 42.6 Å². The fourth-order valence-electron chi connectivity index (χ4n) is 10.4. The van der Waals surface area contributed by atoms with Crippen LogP contribution in [0.25, 0.3) is 21.7 Å². The third kappa shape index (κ3) is 18.8. The number of allylic oxidation sites excluding steroid dienone is 3. The van der Waals surface area contributed by atoms with Gasteiger partial charge in [-0.05, 0) is 72.0 Å². The number of carbonyl (C=O) groups excluding carboxylic acids is 10. The average Bonchev–Trinajstić information content (AvgIpc) is 1.56. The predicted octanol–water partition coefficient (Wildman–Crippen LogP) is 5.44. The largest absolute Gasteiger partial charge is 0.512 e. The third-order valence-electron chi connectivity index (χ3n) is 15.4. The summed E-state index contributed by atoms with van der Waals surface area (Å²) in [6.45, 7) is 2.87. The highest BCUT2D eigenvalue weighted by molar-refractivity contribution is 6.19. The number of imide groups is 1. The molecule has 0 radical (unpaired) electrons. The van der Waals surface area contributed by atoms with Crippen LogP contribution in [-0.4, -0.2) is 199 Å². The van der Waals surface area contributed by atoms with Crippen molar-refractivity contribution in [3.8, 4) is 5.75 Å². The number of amides is 11. The number of fused-ring (bicyclic) bond motifs is 4. The van der Waals surface area contributed by atoms with E-state index in [0.29, 0.717) is 57.0 Å². The molecule has 0 fully saturated rings. The summed E-state index contributed by atoms with van der Waals surface area (Å²) >= 11 is 6.60. The summed E-state index contributed by atoms with van der Waals surface area (Å²) < 4.78 is 27.9. The van der Waals surface area contributed by atoms with E-state index in [-0.39, 0.29) is 139 Å². The zero-order valence-electron chi connectivity index (χ0n) is 52.0. The minimum atomic E-state index is -1.16. The summed E-state index contributed by atoms with van der Waals surface area (Å²) in [6.07, 6.45) is 5.37. The normalized spacial score (nSPS) is 14.8. The van der Waals surface area contributed by atoms with Crippen LogP contribution in [0, 0.1) is 5.92 Å². The zero-order valence-corrected chi connectivity index (χ0v) is 52.7. The number of hydrogen-bond acceptors (Lipinski definition) is 18. The highest BCUT2D eigenvalue weighted by atomic mass is 35.5. The molecule has 3 atom stereocenters. The molecule has 94 heavy (non-hydrogen) atoms. The molecule has 11 amide bonds. The van der Waals surface area contributed by atoms with Gasteiger partial charge in [0.05, 0.1) is 62.7 Å². The number of primary amides is 1. The molecule has 3 aliphatic rings. The Balaban J connectivity index is 0.857. The monoisotopic (exact) mass is 1320 g/mol. The van der Waals surface area contributed by atoms with Crippen molar-refractivity contribution in [2.75, 3.05) is 107 Å². The summed E-state index contributed by atoms with van der Waals surface area (Å²) in [5, 5.41) is 34.2. The van der Waals surface area contributed by atoms with Gasteiger partial charge in [0.25, 0.3) is 23.6 Å². The third-order valence-corrected chi connectivity index (χ3v) is 15.8. The van der Waals surface area contributed by atoms with Crippen LogP contribution in [0.3, 0.4) is 0 Å². The first-order valence-corrected chi connectivity index (χ1v) is 30.9. The van der Waals surface area contributed by atoms with E-state index in [1.165, 1.54) is 29.1 Å². The lowest BCUT2D eigenvalue weighted by molar-refractivity contribution is -0.137. The van der Waals surface area contributed by atoms with Gasteiger partial charge in [-0.25, -0.2) is 24.2 Å². The molecule has 500 valence electrons. The number of nitrogens with zero attached hydrogens (tertiary/aromatic N) is 5. The van der Waals surface area contributed by atoms with Crippen LogP contribution in [0.5, 0.6) is 5.75 Å². The number of alkyl carbamates (subject to hydrolysis) is 1. The SMILES string of the molecule is CC(C)[C@H](NC(=O)OCCOCCN1C(=O)C=CC1=O)C(=O)N[C@@H](CCCNC(N)=O)C(=O)Nc1ccc(COC(=O)N(C)CCN(CCOCCO)C(=O)Oc2cc3c(c4ccccc24)[C@H](CCl)CN3C(=O)c2cc3cc(NC(=O)C4=CC=C(O)CC4)ncc3[nH]2)cc1. The van der Waals surface area contributed by atoms with Gasteiger partial charge < -0.3 is 85.9 Å². The number of aliphatic hydroxyl groups excluding tert-OH is 2. The standard InChI is InChI=1S/C64H75ClN12O17/c1-38(2)56(73-62(87)92-30-29-91-27-24-76-53(80)18-19-54(76)81)59(84)71-47(9-6-20-67-61(66)86)58(83)69-43-14-10-39(11-15-43)37-93-63(88)74(3)21-22-75(23-26-90-28-25-78)64(89)94-51-33-50-55(46-8-5-4-7-45(46)51)42(34-65)36-77(50)60(85)48-31-41-32-52(68-35-49(41)70-48)72-57(82)40-12-16-44(79)17-13-40/h4-5,7-8,10-12,14-16,18-19,31-33,35,38,42,47,56,70,78-79H,6,9,13,17,20-30,34,36-37H2,1-3H3,(H,69,83)(H,71,84)(H,73,87)(H3,66,67,86)(H,68,72,82)/t42-,47+,56+/m1/s1. The molecule has 10 N–H and O–H groups in total. The molecule has 3 aromatic carbocycles. The summed E-state index contributed by atoms with van der Waals surface area (Å²) in [5.41, 5.74) is 8.58. The number of aromatic nitrogens is 2. The van der Waals surface area contributed by atoms with E-state index < -0.39 is 71.8 Å². The second-order valence-electron chi connectivity index (χ2n) is 22.4. The van der Waals surface area contributed by atoms with Crippen molar-refractivity contribution >= 4 is 110 Å². The molecule has 0 saturated carbocycles. The lowest BCUT2D eigenvalue weighted by Crippen LogP contribution is -2.54. The molecule has 1 aliphatic carbocycles. The van der Waals surface area contributed by atoms with Gasteiger partial charge >= 0.3 is 24.3 Å². The average molecular weight is 1320 g/mol. The number of pyridine rings is 1. The van der Waals surface area contributed by atoms with E-state index in [9.17, 15) is 58.2 Å². The molecule has 0 bridgehead atoms. The Morgan fingerprint density at radius 2 is 1.57 bits per heavy atom. The molecular weight excluding hydrogens is 1240 g/mol. The van der Waals surface area contributed by atoms with E-state index in [4.69, 9.17) is 41.0 Å². The molecule has 5 aromatic rings. The van der Waals surface area contributed by atoms with Crippen molar-refractivity contribution in [2.45, 2.75) is 64.1 Å². The minimum absolute atomic E-state index is 0.00346. The smallest absolute Gasteiger partial charge is 0.415 e. The number of H-pyrrole nitrogens is 1. The summed E-state index contributed by atoms with van der Waals surface area (Å²) in [7, 11) is 1.48. The van der Waals surface area contributed by atoms with Gasteiger partial charge in [-0.3, -0.25) is 33.7 Å². The number of nitrogens with one attached hydrogen (secondary N) is 6. The molecule has 30 heteroatoms. The van der Waals surface area contributed by atoms with Gasteiger partial charge in [0, 0.05) is 98.2 Å². The lowest BCUT2D eigenvalue weighted by atomic mass is 9.95. The van der Waals surface area contributed by atoms with Crippen molar-refractivity contribution in [2.24, 2.45) is 11.7 Å². The number of urea groups is 1. The maximum Gasteiger partial charge on any atom is 0.415 e. The molecule has 2 aliphatic heterocycles. The van der Waals surface area contributed by atoms with Crippen LogP contribution in [-0.2, 0) is 49.5 Å². The number of alkyl halides is 1. The molecule has 0 unspecified atom stereocenters. The first kappa shape index (κ1) is 69.8. The number of likely N-dealkylation sites (N-methyl/N-ethyl adjacent to an activating group) is 1. The molecular formula is C64H75ClN12O17. The molecule has 8 rings (SSSR count). The Morgan fingerprint density at radius 3 is 2.28 bits per heavy atom. The highest BCUT2D eigenvalue weighted by Gasteiger charge is 2.37.